The number of Topliss-reactive ketones (excluding diaryl/α,β-unsaturated/α-hetero) is 1. The molecule has 0 heterocycles. The summed E-state index contributed by atoms with van der Waals surface area (Å²) in [5.41, 5.74) is -0.986. The molecule has 3 heteroatoms. The first-order valence-electron chi connectivity index (χ1n) is 6.18. The van der Waals surface area contributed by atoms with Gasteiger partial charge in [0.05, 0.1) is 0 Å². The summed E-state index contributed by atoms with van der Waals surface area (Å²) in [7, 11) is 0. The number of hydrogen-bond donors (Lipinski definition) is 0. The molecule has 4 atom stereocenters. The van der Waals surface area contributed by atoms with E-state index in [0.29, 0.717) is 18.3 Å². The molecule has 4 fully saturated rings. The van der Waals surface area contributed by atoms with Crippen molar-refractivity contribution in [1.29, 1.82) is 0 Å². The summed E-state index contributed by atoms with van der Waals surface area (Å²) in [6.45, 7) is 1.64. The minimum absolute atomic E-state index is 0.201. The Kier molecular flexibility index (Phi) is 1.85. The van der Waals surface area contributed by atoms with Gasteiger partial charge in [0.2, 0.25) is 0 Å². The third-order valence-electron chi connectivity index (χ3n) is 5.24. The highest BCUT2D eigenvalue weighted by Gasteiger charge is 2.59. The number of aliphatic carboxylic acids is 1. The maximum Gasteiger partial charge on any atom is 0.136 e. The SMILES string of the molecule is CC(=O)C12C[C@H]3C[C@@H](C1)CC(C(=O)[O-])(C3)C2. The van der Waals surface area contributed by atoms with Crippen LogP contribution in [0.4, 0.5) is 0 Å². The second-order valence-corrected chi connectivity index (χ2v) is 6.37. The monoisotopic (exact) mass is 221 g/mol. The van der Waals surface area contributed by atoms with Crippen molar-refractivity contribution in [3.63, 3.8) is 0 Å². The van der Waals surface area contributed by atoms with Crippen molar-refractivity contribution in [3.8, 4) is 0 Å². The summed E-state index contributed by atoms with van der Waals surface area (Å²) in [5.74, 6) is 0.186. The number of rotatable bonds is 2. The lowest BCUT2D eigenvalue weighted by molar-refractivity contribution is -0.328. The molecule has 16 heavy (non-hydrogen) atoms. The molecular formula is C13H17O3-. The van der Waals surface area contributed by atoms with E-state index in [4.69, 9.17) is 0 Å². The van der Waals surface area contributed by atoms with Crippen molar-refractivity contribution in [1.82, 2.24) is 0 Å². The topological polar surface area (TPSA) is 57.2 Å². The van der Waals surface area contributed by atoms with Gasteiger partial charge in [-0.2, -0.15) is 0 Å². The molecule has 0 aromatic rings. The Morgan fingerprint density at radius 3 is 2.00 bits per heavy atom. The van der Waals surface area contributed by atoms with Crippen molar-refractivity contribution in [3.05, 3.63) is 0 Å². The number of carbonyl (C=O) groups is 2. The minimum atomic E-state index is -0.910. The molecule has 0 radical (unpaired) electrons. The second-order valence-electron chi connectivity index (χ2n) is 6.37. The Morgan fingerprint density at radius 2 is 1.56 bits per heavy atom. The Balaban J connectivity index is 2.03. The second kappa shape index (κ2) is 2.88. The summed E-state index contributed by atoms with van der Waals surface area (Å²) < 4.78 is 0. The van der Waals surface area contributed by atoms with Gasteiger partial charge >= 0.3 is 0 Å². The summed E-state index contributed by atoms with van der Waals surface area (Å²) in [5, 5.41) is 11.4. The fourth-order valence-corrected chi connectivity index (χ4v) is 4.91. The molecular weight excluding hydrogens is 204 g/mol. The number of carbonyl (C=O) groups excluding carboxylic acids is 2. The number of carboxylic acids is 1. The first kappa shape index (κ1) is 10.3. The number of carboxylic acid groups (broad SMARTS) is 1. The van der Waals surface area contributed by atoms with E-state index >= 15 is 0 Å². The van der Waals surface area contributed by atoms with E-state index in [2.05, 4.69) is 0 Å². The molecule has 0 aromatic carbocycles. The molecule has 4 aliphatic carbocycles. The molecule has 0 N–H and O–H groups in total. The van der Waals surface area contributed by atoms with Gasteiger partial charge in [-0.05, 0) is 57.3 Å². The van der Waals surface area contributed by atoms with Crippen LogP contribution in [0.2, 0.25) is 0 Å². The van der Waals surface area contributed by atoms with Crippen LogP contribution >= 0.6 is 0 Å². The molecule has 2 unspecified atom stereocenters. The summed E-state index contributed by atoms with van der Waals surface area (Å²) in [4.78, 5) is 23.2. The molecule has 4 bridgehead atoms. The highest BCUT2D eigenvalue weighted by Crippen LogP contribution is 2.65. The molecule has 0 amide bonds. The van der Waals surface area contributed by atoms with E-state index in [-0.39, 0.29) is 11.2 Å². The van der Waals surface area contributed by atoms with Crippen LogP contribution < -0.4 is 5.11 Å². The van der Waals surface area contributed by atoms with Crippen molar-refractivity contribution >= 4 is 11.8 Å². The Bertz CT molecular complexity index is 325. The normalized spacial score (nSPS) is 49.3. The lowest BCUT2D eigenvalue weighted by Gasteiger charge is -2.61. The van der Waals surface area contributed by atoms with Crippen LogP contribution in [-0.2, 0) is 9.59 Å². The van der Waals surface area contributed by atoms with E-state index in [1.54, 1.807) is 6.92 Å². The first-order valence-corrected chi connectivity index (χ1v) is 6.18. The van der Waals surface area contributed by atoms with Crippen LogP contribution in [0.1, 0.15) is 45.4 Å². The van der Waals surface area contributed by atoms with E-state index in [0.717, 1.165) is 32.1 Å². The van der Waals surface area contributed by atoms with Crippen molar-refractivity contribution in [2.75, 3.05) is 0 Å². The number of ketones is 1. The van der Waals surface area contributed by atoms with Gasteiger partial charge in [-0.25, -0.2) is 0 Å². The van der Waals surface area contributed by atoms with Gasteiger partial charge in [0.15, 0.2) is 0 Å². The van der Waals surface area contributed by atoms with Crippen molar-refractivity contribution in [2.45, 2.75) is 45.4 Å². The third kappa shape index (κ3) is 1.14. The molecule has 0 aliphatic heterocycles. The average molecular weight is 221 g/mol. The average Bonchev–Trinajstić information content (AvgIpc) is 2.14. The standard InChI is InChI=1S/C13H18O3/c1-8(14)12-3-9-2-10(4-12)6-13(5-9,7-12)11(15)16/h9-10H,2-7H2,1H3,(H,15,16)/p-1/t9-,10+,12?,13?. The predicted octanol–water partition coefficient (Wildman–Crippen LogP) is 0.912. The van der Waals surface area contributed by atoms with E-state index in [9.17, 15) is 14.7 Å². The van der Waals surface area contributed by atoms with E-state index < -0.39 is 11.4 Å². The molecule has 4 aliphatic rings. The molecule has 0 aromatic heterocycles. The van der Waals surface area contributed by atoms with Crippen molar-refractivity contribution in [2.24, 2.45) is 22.7 Å². The lowest BCUT2D eigenvalue weighted by atomic mass is 9.43. The highest BCUT2D eigenvalue weighted by molar-refractivity contribution is 5.85. The Hall–Kier alpha value is -0.860. The minimum Gasteiger partial charge on any atom is -0.550 e. The van der Waals surface area contributed by atoms with Crippen molar-refractivity contribution < 1.29 is 14.7 Å². The summed E-state index contributed by atoms with van der Waals surface area (Å²) in [6.07, 6.45) is 5.03. The van der Waals surface area contributed by atoms with Crippen LogP contribution in [-0.4, -0.2) is 11.8 Å². The summed E-state index contributed by atoms with van der Waals surface area (Å²) in [6, 6.07) is 0. The van der Waals surface area contributed by atoms with Gasteiger partial charge in [0.25, 0.3) is 0 Å². The number of hydrogen-bond acceptors (Lipinski definition) is 3. The zero-order valence-corrected chi connectivity index (χ0v) is 9.62. The van der Waals surface area contributed by atoms with Gasteiger partial charge in [-0.3, -0.25) is 4.79 Å². The molecule has 4 rings (SSSR count). The van der Waals surface area contributed by atoms with Gasteiger partial charge < -0.3 is 9.90 Å². The maximum atomic E-state index is 11.8. The highest BCUT2D eigenvalue weighted by atomic mass is 16.4. The van der Waals surface area contributed by atoms with Crippen LogP contribution in [0.15, 0.2) is 0 Å². The Morgan fingerprint density at radius 1 is 1.06 bits per heavy atom. The molecule has 0 spiro atoms. The van der Waals surface area contributed by atoms with Gasteiger partial charge in [0.1, 0.15) is 5.78 Å². The molecule has 4 saturated carbocycles. The molecule has 3 nitrogen and oxygen atoms in total. The van der Waals surface area contributed by atoms with Gasteiger partial charge in [0, 0.05) is 16.8 Å². The largest absolute Gasteiger partial charge is 0.550 e. The summed E-state index contributed by atoms with van der Waals surface area (Å²) >= 11 is 0. The smallest absolute Gasteiger partial charge is 0.136 e. The fraction of sp³-hybridized carbons (Fsp3) is 0.846. The predicted molar refractivity (Wildman–Crippen MR) is 55.2 cm³/mol. The van der Waals surface area contributed by atoms with E-state index in [1.807, 2.05) is 0 Å². The van der Waals surface area contributed by atoms with Crippen LogP contribution in [0.25, 0.3) is 0 Å². The zero-order valence-electron chi connectivity index (χ0n) is 9.62. The van der Waals surface area contributed by atoms with E-state index in [1.165, 1.54) is 0 Å². The molecule has 0 saturated heterocycles. The Labute approximate surface area is 95.2 Å². The van der Waals surface area contributed by atoms with Gasteiger partial charge in [-0.1, -0.05) is 0 Å². The van der Waals surface area contributed by atoms with Crippen LogP contribution in [0.3, 0.4) is 0 Å². The zero-order chi connectivity index (χ0) is 11.6. The first-order chi connectivity index (χ1) is 7.46. The third-order valence-corrected chi connectivity index (χ3v) is 5.24. The molecule has 88 valence electrons. The van der Waals surface area contributed by atoms with Crippen LogP contribution in [0.5, 0.6) is 0 Å². The fourth-order valence-electron chi connectivity index (χ4n) is 4.91. The van der Waals surface area contributed by atoms with Gasteiger partial charge in [-0.15, -0.1) is 0 Å². The quantitative estimate of drug-likeness (QED) is 0.696. The lowest BCUT2D eigenvalue weighted by Crippen LogP contribution is -2.60. The van der Waals surface area contributed by atoms with Crippen LogP contribution in [0, 0.1) is 22.7 Å². The maximum absolute atomic E-state index is 11.8.